The van der Waals surface area contributed by atoms with Gasteiger partial charge in [-0.1, -0.05) is 18.2 Å². The molecular weight excluding hydrogens is 230 g/mol. The van der Waals surface area contributed by atoms with Crippen molar-refractivity contribution in [2.75, 3.05) is 6.54 Å². The van der Waals surface area contributed by atoms with E-state index in [2.05, 4.69) is 35.9 Å². The van der Waals surface area contributed by atoms with Crippen LogP contribution in [0.25, 0.3) is 0 Å². The molecule has 2 heterocycles. The molecule has 2 rings (SSSR count). The lowest BCUT2D eigenvalue weighted by Crippen LogP contribution is -2.23. The number of rotatable bonds is 6. The molecule has 2 aromatic rings. The van der Waals surface area contributed by atoms with Gasteiger partial charge in [0.15, 0.2) is 0 Å². The molecule has 0 N–H and O–H groups in total. The standard InChI is InChI=1S/C14H17NOS/c1-12(2)9-15(10-13-5-3-7-16-13)11-14-6-4-8-17-14/h3-8H,1,9-11H2,2H3. The first-order valence-electron chi connectivity index (χ1n) is 5.65. The number of hydrogen-bond donors (Lipinski definition) is 0. The second kappa shape index (κ2) is 5.84. The second-order valence-electron chi connectivity index (χ2n) is 4.26. The Morgan fingerprint density at radius 1 is 1.35 bits per heavy atom. The number of furan rings is 1. The Morgan fingerprint density at radius 2 is 2.24 bits per heavy atom. The Hall–Kier alpha value is -1.32. The predicted octanol–water partition coefficient (Wildman–Crippen LogP) is 3.92. The molecule has 0 aliphatic rings. The van der Waals surface area contributed by atoms with Crippen molar-refractivity contribution in [1.29, 1.82) is 0 Å². The van der Waals surface area contributed by atoms with Crippen LogP contribution < -0.4 is 0 Å². The lowest BCUT2D eigenvalue weighted by Gasteiger charge is -2.20. The molecule has 0 atom stereocenters. The summed E-state index contributed by atoms with van der Waals surface area (Å²) in [5, 5.41) is 2.11. The SMILES string of the molecule is C=C(C)CN(Cc1ccco1)Cc1cccs1. The van der Waals surface area contributed by atoms with Gasteiger partial charge in [0.1, 0.15) is 5.76 Å². The average molecular weight is 247 g/mol. The van der Waals surface area contributed by atoms with Gasteiger partial charge in [0, 0.05) is 18.0 Å². The fraction of sp³-hybridized carbons (Fsp3) is 0.286. The zero-order chi connectivity index (χ0) is 12.1. The Morgan fingerprint density at radius 3 is 2.82 bits per heavy atom. The molecular formula is C14H17NOS. The largest absolute Gasteiger partial charge is 0.468 e. The maximum absolute atomic E-state index is 5.40. The van der Waals surface area contributed by atoms with Crippen LogP contribution in [-0.2, 0) is 13.1 Å². The molecule has 2 aromatic heterocycles. The average Bonchev–Trinajstić information content (AvgIpc) is 2.89. The smallest absolute Gasteiger partial charge is 0.117 e. The summed E-state index contributed by atoms with van der Waals surface area (Å²) < 4.78 is 5.40. The van der Waals surface area contributed by atoms with E-state index in [1.54, 1.807) is 17.6 Å². The monoisotopic (exact) mass is 247 g/mol. The van der Waals surface area contributed by atoms with Crippen molar-refractivity contribution in [3.05, 3.63) is 58.7 Å². The molecule has 0 amide bonds. The minimum absolute atomic E-state index is 0.831. The molecule has 0 aromatic carbocycles. The summed E-state index contributed by atoms with van der Waals surface area (Å²) in [6.07, 6.45) is 1.72. The van der Waals surface area contributed by atoms with Crippen LogP contribution in [0, 0.1) is 0 Å². The van der Waals surface area contributed by atoms with Crippen LogP contribution >= 0.6 is 11.3 Å². The summed E-state index contributed by atoms with van der Waals surface area (Å²) in [5.74, 6) is 1.00. The molecule has 0 saturated heterocycles. The molecule has 0 unspecified atom stereocenters. The van der Waals surface area contributed by atoms with Crippen LogP contribution in [0.15, 0.2) is 52.5 Å². The highest BCUT2D eigenvalue weighted by molar-refractivity contribution is 7.09. The summed E-state index contributed by atoms with van der Waals surface area (Å²) in [4.78, 5) is 3.71. The van der Waals surface area contributed by atoms with Crippen molar-refractivity contribution in [3.63, 3.8) is 0 Å². The fourth-order valence-corrected chi connectivity index (χ4v) is 2.54. The fourth-order valence-electron chi connectivity index (χ4n) is 1.80. The van der Waals surface area contributed by atoms with Gasteiger partial charge in [-0.2, -0.15) is 0 Å². The van der Waals surface area contributed by atoms with E-state index >= 15 is 0 Å². The third-order valence-corrected chi connectivity index (χ3v) is 3.27. The summed E-state index contributed by atoms with van der Waals surface area (Å²) in [7, 11) is 0. The zero-order valence-corrected chi connectivity index (χ0v) is 10.9. The lowest BCUT2D eigenvalue weighted by molar-refractivity contribution is 0.257. The molecule has 0 bridgehead atoms. The number of hydrogen-bond acceptors (Lipinski definition) is 3. The van der Waals surface area contributed by atoms with Crippen LogP contribution in [0.5, 0.6) is 0 Å². The third-order valence-electron chi connectivity index (χ3n) is 2.41. The Balaban J connectivity index is 2.00. The van der Waals surface area contributed by atoms with E-state index in [1.807, 2.05) is 12.1 Å². The molecule has 0 spiro atoms. The van der Waals surface area contributed by atoms with E-state index in [0.717, 1.165) is 25.4 Å². The van der Waals surface area contributed by atoms with Gasteiger partial charge in [0.2, 0.25) is 0 Å². The summed E-state index contributed by atoms with van der Waals surface area (Å²) in [6.45, 7) is 8.73. The molecule has 0 saturated carbocycles. The van der Waals surface area contributed by atoms with E-state index in [9.17, 15) is 0 Å². The first kappa shape index (κ1) is 12.1. The molecule has 2 nitrogen and oxygen atoms in total. The van der Waals surface area contributed by atoms with Crippen molar-refractivity contribution in [2.24, 2.45) is 0 Å². The van der Waals surface area contributed by atoms with Crippen molar-refractivity contribution in [1.82, 2.24) is 4.90 Å². The van der Waals surface area contributed by atoms with Crippen LogP contribution in [0.4, 0.5) is 0 Å². The molecule has 0 radical (unpaired) electrons. The summed E-state index contributed by atoms with van der Waals surface area (Å²) in [5.41, 5.74) is 1.17. The Labute approximate surface area is 106 Å². The summed E-state index contributed by atoms with van der Waals surface area (Å²) in [6, 6.07) is 8.20. The van der Waals surface area contributed by atoms with Gasteiger partial charge >= 0.3 is 0 Å². The van der Waals surface area contributed by atoms with Crippen LogP contribution in [0.1, 0.15) is 17.6 Å². The van der Waals surface area contributed by atoms with E-state index in [0.29, 0.717) is 0 Å². The lowest BCUT2D eigenvalue weighted by atomic mass is 10.3. The highest BCUT2D eigenvalue weighted by atomic mass is 32.1. The highest BCUT2D eigenvalue weighted by Gasteiger charge is 2.09. The maximum Gasteiger partial charge on any atom is 0.117 e. The first-order valence-corrected chi connectivity index (χ1v) is 6.53. The zero-order valence-electron chi connectivity index (χ0n) is 10.1. The van der Waals surface area contributed by atoms with Crippen molar-refractivity contribution in [2.45, 2.75) is 20.0 Å². The molecule has 17 heavy (non-hydrogen) atoms. The number of nitrogens with zero attached hydrogens (tertiary/aromatic N) is 1. The van der Waals surface area contributed by atoms with Crippen molar-refractivity contribution < 1.29 is 4.42 Å². The predicted molar refractivity (Wildman–Crippen MR) is 72.0 cm³/mol. The summed E-state index contributed by atoms with van der Waals surface area (Å²) >= 11 is 1.79. The molecule has 0 fully saturated rings. The third kappa shape index (κ3) is 3.88. The van der Waals surface area contributed by atoms with Crippen molar-refractivity contribution >= 4 is 11.3 Å². The van der Waals surface area contributed by atoms with Gasteiger partial charge in [-0.25, -0.2) is 0 Å². The van der Waals surface area contributed by atoms with Crippen molar-refractivity contribution in [3.8, 4) is 0 Å². The van der Waals surface area contributed by atoms with Gasteiger partial charge in [-0.3, -0.25) is 4.90 Å². The van der Waals surface area contributed by atoms with E-state index in [4.69, 9.17) is 4.42 Å². The van der Waals surface area contributed by atoms with Gasteiger partial charge in [0.25, 0.3) is 0 Å². The number of thiophene rings is 1. The van der Waals surface area contributed by atoms with Crippen LogP contribution in [0.2, 0.25) is 0 Å². The van der Waals surface area contributed by atoms with Gasteiger partial charge in [-0.15, -0.1) is 11.3 Å². The quantitative estimate of drug-likeness (QED) is 0.719. The molecule has 90 valence electrons. The Kier molecular flexibility index (Phi) is 4.18. The Bertz CT molecular complexity index is 408. The molecule has 3 heteroatoms. The van der Waals surface area contributed by atoms with Gasteiger partial charge in [-0.05, 0) is 30.5 Å². The van der Waals surface area contributed by atoms with E-state index in [-0.39, 0.29) is 0 Å². The minimum atomic E-state index is 0.831. The highest BCUT2D eigenvalue weighted by Crippen LogP contribution is 2.15. The normalized spacial score (nSPS) is 10.9. The van der Waals surface area contributed by atoms with Gasteiger partial charge < -0.3 is 4.42 Å². The van der Waals surface area contributed by atoms with E-state index in [1.165, 1.54) is 10.5 Å². The first-order chi connectivity index (χ1) is 8.24. The topological polar surface area (TPSA) is 16.4 Å². The molecule has 0 aliphatic heterocycles. The maximum atomic E-state index is 5.40. The minimum Gasteiger partial charge on any atom is -0.468 e. The van der Waals surface area contributed by atoms with E-state index < -0.39 is 0 Å². The van der Waals surface area contributed by atoms with Crippen LogP contribution in [-0.4, -0.2) is 11.4 Å². The second-order valence-corrected chi connectivity index (χ2v) is 5.29. The van der Waals surface area contributed by atoms with Crippen LogP contribution in [0.3, 0.4) is 0 Å². The molecule has 0 aliphatic carbocycles. The van der Waals surface area contributed by atoms with Gasteiger partial charge in [0.05, 0.1) is 12.8 Å².